The fourth-order valence-corrected chi connectivity index (χ4v) is 2.02. The van der Waals surface area contributed by atoms with Crippen LogP contribution in [0.3, 0.4) is 0 Å². The molecule has 16 heavy (non-hydrogen) atoms. The van der Waals surface area contributed by atoms with Gasteiger partial charge >= 0.3 is 0 Å². The molecule has 0 bridgehead atoms. The van der Waals surface area contributed by atoms with E-state index in [0.717, 1.165) is 17.2 Å². The van der Waals surface area contributed by atoms with Gasteiger partial charge in [-0.2, -0.15) is 0 Å². The monoisotopic (exact) mass is 235 g/mol. The minimum absolute atomic E-state index is 0.611. The maximum Gasteiger partial charge on any atom is 0.214 e. The predicted molar refractivity (Wildman–Crippen MR) is 65.0 cm³/mol. The Hall–Kier alpha value is -1.62. The summed E-state index contributed by atoms with van der Waals surface area (Å²) in [5.41, 5.74) is 0.986. The number of pyridine rings is 1. The standard InChI is InChI=1S/C11H13N3OS/c1-8-6-14-11(16-8)7-13-9-3-4-12-10(5-9)15-2/h3-6H,7H2,1-2H3,(H,12,13). The van der Waals surface area contributed by atoms with Gasteiger partial charge in [0.15, 0.2) is 0 Å². The summed E-state index contributed by atoms with van der Waals surface area (Å²) in [6.45, 7) is 2.78. The highest BCUT2D eigenvalue weighted by Crippen LogP contribution is 2.16. The Morgan fingerprint density at radius 2 is 2.31 bits per heavy atom. The van der Waals surface area contributed by atoms with Gasteiger partial charge in [-0.25, -0.2) is 9.97 Å². The van der Waals surface area contributed by atoms with E-state index in [1.165, 1.54) is 4.88 Å². The number of hydrogen-bond acceptors (Lipinski definition) is 5. The minimum atomic E-state index is 0.611. The van der Waals surface area contributed by atoms with Crippen LogP contribution in [0.5, 0.6) is 5.88 Å². The first-order valence-corrected chi connectivity index (χ1v) is 5.75. The number of rotatable bonds is 4. The minimum Gasteiger partial charge on any atom is -0.481 e. The highest BCUT2D eigenvalue weighted by atomic mass is 32.1. The van der Waals surface area contributed by atoms with E-state index in [0.29, 0.717) is 5.88 Å². The number of aryl methyl sites for hydroxylation is 1. The van der Waals surface area contributed by atoms with Crippen LogP contribution >= 0.6 is 11.3 Å². The van der Waals surface area contributed by atoms with E-state index in [1.54, 1.807) is 24.6 Å². The molecule has 0 unspecified atom stereocenters. The van der Waals surface area contributed by atoms with Crippen molar-refractivity contribution in [3.05, 3.63) is 34.4 Å². The molecule has 4 nitrogen and oxygen atoms in total. The molecule has 0 spiro atoms. The van der Waals surface area contributed by atoms with Crippen LogP contribution in [0.4, 0.5) is 5.69 Å². The number of thiazole rings is 1. The van der Waals surface area contributed by atoms with Crippen molar-refractivity contribution in [2.75, 3.05) is 12.4 Å². The van der Waals surface area contributed by atoms with Gasteiger partial charge in [0.05, 0.1) is 13.7 Å². The van der Waals surface area contributed by atoms with Crippen molar-refractivity contribution in [3.8, 4) is 5.88 Å². The summed E-state index contributed by atoms with van der Waals surface area (Å²) < 4.78 is 5.05. The van der Waals surface area contributed by atoms with Crippen LogP contribution in [0.2, 0.25) is 0 Å². The molecule has 0 saturated carbocycles. The van der Waals surface area contributed by atoms with Gasteiger partial charge in [0.25, 0.3) is 0 Å². The van der Waals surface area contributed by atoms with Gasteiger partial charge in [-0.3, -0.25) is 0 Å². The number of ether oxygens (including phenoxy) is 1. The van der Waals surface area contributed by atoms with Gasteiger partial charge in [0.2, 0.25) is 5.88 Å². The summed E-state index contributed by atoms with van der Waals surface area (Å²) in [7, 11) is 1.61. The quantitative estimate of drug-likeness (QED) is 0.884. The summed E-state index contributed by atoms with van der Waals surface area (Å²) >= 11 is 1.70. The second-order valence-electron chi connectivity index (χ2n) is 3.31. The molecule has 2 aromatic heterocycles. The van der Waals surface area contributed by atoms with E-state index in [1.807, 2.05) is 18.3 Å². The van der Waals surface area contributed by atoms with Crippen LogP contribution in [0, 0.1) is 6.92 Å². The van der Waals surface area contributed by atoms with Crippen molar-refractivity contribution in [1.29, 1.82) is 0 Å². The number of nitrogens with one attached hydrogen (secondary N) is 1. The molecule has 0 amide bonds. The lowest BCUT2D eigenvalue weighted by molar-refractivity contribution is 0.398. The van der Waals surface area contributed by atoms with E-state index >= 15 is 0 Å². The van der Waals surface area contributed by atoms with Gasteiger partial charge in [0.1, 0.15) is 5.01 Å². The molecule has 2 aromatic rings. The molecule has 0 radical (unpaired) electrons. The lowest BCUT2D eigenvalue weighted by Gasteiger charge is -2.05. The van der Waals surface area contributed by atoms with Gasteiger partial charge in [-0.05, 0) is 13.0 Å². The largest absolute Gasteiger partial charge is 0.481 e. The molecule has 0 aliphatic heterocycles. The van der Waals surface area contributed by atoms with Crippen molar-refractivity contribution < 1.29 is 4.74 Å². The zero-order valence-corrected chi connectivity index (χ0v) is 10.0. The van der Waals surface area contributed by atoms with E-state index in [-0.39, 0.29) is 0 Å². The third-order valence-corrected chi connectivity index (χ3v) is 2.97. The van der Waals surface area contributed by atoms with Crippen molar-refractivity contribution in [3.63, 3.8) is 0 Å². The van der Waals surface area contributed by atoms with Crippen LogP contribution in [0.25, 0.3) is 0 Å². The molecular weight excluding hydrogens is 222 g/mol. The first-order valence-electron chi connectivity index (χ1n) is 4.93. The number of hydrogen-bond donors (Lipinski definition) is 1. The molecule has 0 aliphatic rings. The van der Waals surface area contributed by atoms with Crippen molar-refractivity contribution in [2.24, 2.45) is 0 Å². The average molecular weight is 235 g/mol. The van der Waals surface area contributed by atoms with Gasteiger partial charge in [-0.15, -0.1) is 11.3 Å². The molecule has 0 saturated heterocycles. The Bertz CT molecular complexity index is 470. The normalized spacial score (nSPS) is 10.1. The molecule has 0 aromatic carbocycles. The van der Waals surface area contributed by atoms with Crippen molar-refractivity contribution >= 4 is 17.0 Å². The second-order valence-corrected chi connectivity index (χ2v) is 4.62. The maximum absolute atomic E-state index is 5.05. The summed E-state index contributed by atoms with van der Waals surface area (Å²) in [6, 6.07) is 3.77. The highest BCUT2D eigenvalue weighted by Gasteiger charge is 2.00. The summed E-state index contributed by atoms with van der Waals surface area (Å²) in [5, 5.41) is 4.35. The van der Waals surface area contributed by atoms with E-state index in [4.69, 9.17) is 4.74 Å². The lowest BCUT2D eigenvalue weighted by Crippen LogP contribution is -1.99. The SMILES string of the molecule is COc1cc(NCc2ncc(C)s2)ccn1. The van der Waals surface area contributed by atoms with Gasteiger partial charge in [-0.1, -0.05) is 0 Å². The molecule has 2 rings (SSSR count). The predicted octanol–water partition coefficient (Wildman–Crippen LogP) is 2.47. The smallest absolute Gasteiger partial charge is 0.214 e. The fourth-order valence-electron chi connectivity index (χ4n) is 1.29. The first kappa shape index (κ1) is 10.9. The Morgan fingerprint density at radius 3 is 3.00 bits per heavy atom. The molecular formula is C11H13N3OS. The number of nitrogens with zero attached hydrogens (tertiary/aromatic N) is 2. The Kier molecular flexibility index (Phi) is 3.36. The van der Waals surface area contributed by atoms with Crippen molar-refractivity contribution in [1.82, 2.24) is 9.97 Å². The topological polar surface area (TPSA) is 47.0 Å². The summed E-state index contributed by atoms with van der Waals surface area (Å²) in [6.07, 6.45) is 3.60. The Labute approximate surface area is 98.3 Å². The third kappa shape index (κ3) is 2.70. The Morgan fingerprint density at radius 1 is 1.44 bits per heavy atom. The summed E-state index contributed by atoms with van der Waals surface area (Å²) in [4.78, 5) is 9.55. The molecule has 84 valence electrons. The van der Waals surface area contributed by atoms with Crippen LogP contribution in [-0.4, -0.2) is 17.1 Å². The second kappa shape index (κ2) is 4.94. The van der Waals surface area contributed by atoms with Crippen LogP contribution < -0.4 is 10.1 Å². The van der Waals surface area contributed by atoms with Crippen LogP contribution in [0.15, 0.2) is 24.5 Å². The zero-order chi connectivity index (χ0) is 11.4. The van der Waals surface area contributed by atoms with E-state index in [2.05, 4.69) is 22.2 Å². The number of methoxy groups -OCH3 is 1. The fraction of sp³-hybridized carbons (Fsp3) is 0.273. The van der Waals surface area contributed by atoms with Gasteiger partial charge < -0.3 is 10.1 Å². The first-order chi connectivity index (χ1) is 7.78. The summed E-state index contributed by atoms with van der Waals surface area (Å²) in [5.74, 6) is 0.611. The highest BCUT2D eigenvalue weighted by molar-refractivity contribution is 7.11. The van der Waals surface area contributed by atoms with Crippen LogP contribution in [-0.2, 0) is 6.54 Å². The Balaban J connectivity index is 1.99. The zero-order valence-electron chi connectivity index (χ0n) is 9.23. The maximum atomic E-state index is 5.05. The average Bonchev–Trinajstić information content (AvgIpc) is 2.73. The lowest BCUT2D eigenvalue weighted by atomic mass is 10.4. The molecule has 5 heteroatoms. The van der Waals surface area contributed by atoms with E-state index in [9.17, 15) is 0 Å². The molecule has 0 atom stereocenters. The third-order valence-electron chi connectivity index (χ3n) is 2.06. The van der Waals surface area contributed by atoms with Crippen molar-refractivity contribution in [2.45, 2.75) is 13.5 Å². The molecule has 2 heterocycles. The van der Waals surface area contributed by atoms with E-state index < -0.39 is 0 Å². The molecule has 0 fully saturated rings. The number of aromatic nitrogens is 2. The molecule has 0 aliphatic carbocycles. The van der Waals surface area contributed by atoms with Crippen LogP contribution in [0.1, 0.15) is 9.88 Å². The molecule has 1 N–H and O–H groups in total. The van der Waals surface area contributed by atoms with Gasteiger partial charge in [0, 0.05) is 29.0 Å². The number of anilines is 1.